The minimum Gasteiger partial charge on any atom is -0.465 e. The molecule has 1 fully saturated rings. The number of aliphatic hydroxyl groups excluding tert-OH is 1. The molecule has 33 heavy (non-hydrogen) atoms. The Kier molecular flexibility index (Phi) is 7.06. The van der Waals surface area contributed by atoms with Crippen LogP contribution in [0.4, 0.5) is 13.2 Å². The maximum absolute atomic E-state index is 12.6. The van der Waals surface area contributed by atoms with Crippen LogP contribution in [-0.2, 0) is 20.9 Å². The molecule has 0 aromatic heterocycles. The molecule has 2 aromatic rings. The van der Waals surface area contributed by atoms with Crippen molar-refractivity contribution in [2.75, 3.05) is 13.7 Å². The van der Waals surface area contributed by atoms with Crippen LogP contribution in [0.1, 0.15) is 28.8 Å². The topological polar surface area (TPSA) is 105 Å². The predicted octanol–water partition coefficient (Wildman–Crippen LogP) is 2.58. The third-order valence-electron chi connectivity index (χ3n) is 5.50. The summed E-state index contributed by atoms with van der Waals surface area (Å²) in [5, 5.41) is 14.1. The highest BCUT2D eigenvalue weighted by atomic mass is 19.4. The van der Waals surface area contributed by atoms with Crippen molar-refractivity contribution in [2.24, 2.45) is 5.92 Å². The lowest BCUT2D eigenvalue weighted by Crippen LogP contribution is -2.51. The van der Waals surface area contributed by atoms with E-state index in [1.807, 2.05) is 0 Å². The van der Waals surface area contributed by atoms with E-state index in [9.17, 15) is 32.7 Å². The van der Waals surface area contributed by atoms with Crippen LogP contribution < -0.4 is 10.6 Å². The van der Waals surface area contributed by atoms with Crippen LogP contribution in [-0.4, -0.2) is 48.3 Å². The second-order valence-electron chi connectivity index (χ2n) is 7.81. The molecule has 2 aromatic carbocycles. The van der Waals surface area contributed by atoms with Gasteiger partial charge in [-0.15, -0.1) is 0 Å². The van der Waals surface area contributed by atoms with Gasteiger partial charge in [-0.05, 0) is 29.2 Å². The first kappa shape index (κ1) is 24.2. The van der Waals surface area contributed by atoms with Crippen molar-refractivity contribution in [3.8, 4) is 11.1 Å². The number of carbonyl (C=O) groups excluding carboxylic acids is 3. The standard InChI is InChI=1S/C23H23F3N2O5/c1-33-20(31)18-5-3-2-4-17(18)15-8-6-14(7-9-15)12-27-21(32)22(10-16(22)13-29)28-19(30)11-23(24,25)26/h2-9,16,29H,10-13H2,1H3,(H,27,32)(H,28,30)/t16-,22-/m0/s1. The number of alkyl halides is 3. The molecule has 1 saturated carbocycles. The summed E-state index contributed by atoms with van der Waals surface area (Å²) in [6.07, 6.45) is -6.34. The van der Waals surface area contributed by atoms with Gasteiger partial charge in [0.25, 0.3) is 0 Å². The third-order valence-corrected chi connectivity index (χ3v) is 5.50. The number of halogens is 3. The molecule has 0 bridgehead atoms. The van der Waals surface area contributed by atoms with Gasteiger partial charge in [0.05, 0.1) is 12.7 Å². The first-order valence-electron chi connectivity index (χ1n) is 10.1. The number of benzene rings is 2. The number of hydrogen-bond donors (Lipinski definition) is 3. The van der Waals surface area contributed by atoms with Gasteiger partial charge in [-0.25, -0.2) is 4.79 Å². The Morgan fingerprint density at radius 3 is 2.36 bits per heavy atom. The molecule has 1 aliphatic rings. The molecule has 0 saturated heterocycles. The molecule has 10 heteroatoms. The van der Waals surface area contributed by atoms with Gasteiger partial charge in [0, 0.05) is 19.1 Å². The average molecular weight is 464 g/mol. The molecule has 0 aliphatic heterocycles. The van der Waals surface area contributed by atoms with Gasteiger partial charge in [0.2, 0.25) is 11.8 Å². The highest BCUT2D eigenvalue weighted by molar-refractivity contribution is 5.97. The van der Waals surface area contributed by atoms with Crippen molar-refractivity contribution in [3.05, 3.63) is 59.7 Å². The normalized spacial score (nSPS) is 19.5. The van der Waals surface area contributed by atoms with E-state index in [0.717, 1.165) is 5.56 Å². The van der Waals surface area contributed by atoms with E-state index >= 15 is 0 Å². The predicted molar refractivity (Wildman–Crippen MR) is 112 cm³/mol. The second kappa shape index (κ2) is 9.62. The fourth-order valence-electron chi connectivity index (χ4n) is 3.68. The molecule has 3 N–H and O–H groups in total. The number of nitrogens with one attached hydrogen (secondary N) is 2. The van der Waals surface area contributed by atoms with Crippen LogP contribution in [0, 0.1) is 5.92 Å². The smallest absolute Gasteiger partial charge is 0.397 e. The average Bonchev–Trinajstić information content (AvgIpc) is 3.49. The summed E-state index contributed by atoms with van der Waals surface area (Å²) >= 11 is 0. The highest BCUT2D eigenvalue weighted by Crippen LogP contribution is 2.43. The van der Waals surface area contributed by atoms with Crippen LogP contribution in [0.5, 0.6) is 0 Å². The first-order chi connectivity index (χ1) is 15.6. The molecule has 0 spiro atoms. The monoisotopic (exact) mass is 464 g/mol. The third kappa shape index (κ3) is 5.70. The van der Waals surface area contributed by atoms with E-state index in [1.165, 1.54) is 7.11 Å². The summed E-state index contributed by atoms with van der Waals surface area (Å²) in [5.74, 6) is -3.09. The zero-order chi connectivity index (χ0) is 24.2. The summed E-state index contributed by atoms with van der Waals surface area (Å²) in [5.41, 5.74) is 0.984. The second-order valence-corrected chi connectivity index (χ2v) is 7.81. The fourth-order valence-corrected chi connectivity index (χ4v) is 3.68. The lowest BCUT2D eigenvalue weighted by Gasteiger charge is -2.19. The van der Waals surface area contributed by atoms with E-state index in [2.05, 4.69) is 10.6 Å². The van der Waals surface area contributed by atoms with E-state index in [-0.39, 0.29) is 13.0 Å². The van der Waals surface area contributed by atoms with Crippen LogP contribution in [0.15, 0.2) is 48.5 Å². The maximum atomic E-state index is 12.6. The Balaban J connectivity index is 1.66. The molecule has 3 rings (SSSR count). The molecule has 0 heterocycles. The molecule has 176 valence electrons. The number of methoxy groups -OCH3 is 1. The molecule has 1 aliphatic carbocycles. The molecule has 0 unspecified atom stereocenters. The van der Waals surface area contributed by atoms with Crippen LogP contribution in [0.3, 0.4) is 0 Å². The number of rotatable bonds is 8. The minimum atomic E-state index is -4.69. The molecule has 0 radical (unpaired) electrons. The van der Waals surface area contributed by atoms with Gasteiger partial charge in [-0.3, -0.25) is 9.59 Å². The van der Waals surface area contributed by atoms with Crippen molar-refractivity contribution in [2.45, 2.75) is 31.1 Å². The van der Waals surface area contributed by atoms with Crippen molar-refractivity contribution < 1.29 is 37.4 Å². The number of aliphatic hydroxyl groups is 1. The van der Waals surface area contributed by atoms with Gasteiger partial charge >= 0.3 is 12.1 Å². The molecular formula is C23H23F3N2O5. The minimum absolute atomic E-state index is 0.0577. The van der Waals surface area contributed by atoms with Crippen molar-refractivity contribution >= 4 is 17.8 Å². The Morgan fingerprint density at radius 1 is 1.12 bits per heavy atom. The Bertz CT molecular complexity index is 1040. The van der Waals surface area contributed by atoms with Crippen LogP contribution in [0.25, 0.3) is 11.1 Å². The van der Waals surface area contributed by atoms with Gasteiger partial charge < -0.3 is 20.5 Å². The summed E-state index contributed by atoms with van der Waals surface area (Å²) in [7, 11) is 1.30. The number of amides is 2. The van der Waals surface area contributed by atoms with Crippen molar-refractivity contribution in [3.63, 3.8) is 0 Å². The van der Waals surface area contributed by atoms with Gasteiger partial charge in [0.15, 0.2) is 0 Å². The molecular weight excluding hydrogens is 441 g/mol. The molecule has 7 nitrogen and oxygen atoms in total. The van der Waals surface area contributed by atoms with Gasteiger partial charge in [-0.2, -0.15) is 13.2 Å². The van der Waals surface area contributed by atoms with E-state index < -0.39 is 48.4 Å². The quantitative estimate of drug-likeness (QED) is 0.521. The lowest BCUT2D eigenvalue weighted by atomic mass is 9.98. The zero-order valence-corrected chi connectivity index (χ0v) is 17.7. The Morgan fingerprint density at radius 2 is 1.79 bits per heavy atom. The first-order valence-corrected chi connectivity index (χ1v) is 10.1. The number of ether oxygens (including phenoxy) is 1. The summed E-state index contributed by atoms with van der Waals surface area (Å²) in [6, 6.07) is 13.9. The number of carbonyl (C=O) groups is 3. The van der Waals surface area contributed by atoms with Crippen LogP contribution >= 0.6 is 0 Å². The van der Waals surface area contributed by atoms with E-state index in [4.69, 9.17) is 4.74 Å². The largest absolute Gasteiger partial charge is 0.465 e. The van der Waals surface area contributed by atoms with E-state index in [0.29, 0.717) is 16.7 Å². The SMILES string of the molecule is COC(=O)c1ccccc1-c1ccc(CNC(=O)[C@]2(NC(=O)CC(F)(F)F)C[C@H]2CO)cc1. The van der Waals surface area contributed by atoms with Crippen LogP contribution in [0.2, 0.25) is 0 Å². The number of hydrogen-bond acceptors (Lipinski definition) is 5. The van der Waals surface area contributed by atoms with E-state index in [1.54, 1.807) is 48.5 Å². The van der Waals surface area contributed by atoms with Crippen molar-refractivity contribution in [1.29, 1.82) is 0 Å². The van der Waals surface area contributed by atoms with Crippen molar-refractivity contribution in [1.82, 2.24) is 10.6 Å². The summed E-state index contributed by atoms with van der Waals surface area (Å²) in [4.78, 5) is 36.3. The Hall–Kier alpha value is -3.40. The van der Waals surface area contributed by atoms with Gasteiger partial charge in [-0.1, -0.05) is 42.5 Å². The molecule has 2 atom stereocenters. The number of esters is 1. The fraction of sp³-hybridized carbons (Fsp3) is 0.348. The maximum Gasteiger partial charge on any atom is 0.397 e. The Labute approximate surface area is 187 Å². The van der Waals surface area contributed by atoms with Gasteiger partial charge in [0.1, 0.15) is 12.0 Å². The lowest BCUT2D eigenvalue weighted by molar-refractivity contribution is -0.155. The highest BCUT2D eigenvalue weighted by Gasteiger charge is 2.61. The zero-order valence-electron chi connectivity index (χ0n) is 17.7. The summed E-state index contributed by atoms with van der Waals surface area (Å²) in [6.45, 7) is -0.374. The molecule has 2 amide bonds. The summed E-state index contributed by atoms with van der Waals surface area (Å²) < 4.78 is 42.2.